The van der Waals surface area contributed by atoms with Gasteiger partial charge in [0, 0.05) is 5.70 Å². The molecule has 1 saturated heterocycles. The number of hydrogen-bond donors (Lipinski definition) is 1. The number of carbonyl (C=O) groups excluding carboxylic acids is 1. The van der Waals surface area contributed by atoms with Crippen LogP contribution in [0, 0.1) is 5.41 Å². The zero-order valence-electron chi connectivity index (χ0n) is 16.0. The summed E-state index contributed by atoms with van der Waals surface area (Å²) in [5, 5.41) is 2.95. The SMILES string of the molecule is C=C(/C=C(\C)C(C)(C)C)NC(=O)C(C)(C)N1CCCC1.CC. The second-order valence-electron chi connectivity index (χ2n) is 7.31. The number of likely N-dealkylation sites (tertiary alicyclic amines) is 1. The van der Waals surface area contributed by atoms with Crippen molar-refractivity contribution in [3.8, 4) is 0 Å². The molecule has 1 fully saturated rings. The topological polar surface area (TPSA) is 32.3 Å². The highest BCUT2D eigenvalue weighted by atomic mass is 16.2. The van der Waals surface area contributed by atoms with Gasteiger partial charge in [-0.15, -0.1) is 0 Å². The van der Waals surface area contributed by atoms with Crippen LogP contribution in [0.5, 0.6) is 0 Å². The number of amides is 1. The number of nitrogens with one attached hydrogen (secondary N) is 1. The minimum Gasteiger partial charge on any atom is -0.325 e. The first-order valence-corrected chi connectivity index (χ1v) is 8.49. The molecule has 1 amide bonds. The smallest absolute Gasteiger partial charge is 0.244 e. The molecule has 0 aromatic carbocycles. The van der Waals surface area contributed by atoms with Crippen LogP contribution >= 0.6 is 0 Å². The Morgan fingerprint density at radius 2 is 1.55 bits per heavy atom. The summed E-state index contributed by atoms with van der Waals surface area (Å²) in [7, 11) is 0. The first kappa shape index (κ1) is 20.9. The van der Waals surface area contributed by atoms with E-state index in [0.717, 1.165) is 13.1 Å². The van der Waals surface area contributed by atoms with Crippen molar-refractivity contribution in [2.75, 3.05) is 13.1 Å². The molecule has 0 atom stereocenters. The van der Waals surface area contributed by atoms with Gasteiger partial charge >= 0.3 is 0 Å². The maximum atomic E-state index is 12.5. The Bertz CT molecular complexity index is 408. The third kappa shape index (κ3) is 5.96. The summed E-state index contributed by atoms with van der Waals surface area (Å²) in [5.74, 6) is 0.0300. The van der Waals surface area contributed by atoms with Crippen LogP contribution in [-0.4, -0.2) is 29.4 Å². The van der Waals surface area contributed by atoms with Gasteiger partial charge in [-0.1, -0.05) is 46.8 Å². The maximum Gasteiger partial charge on any atom is 0.244 e. The lowest BCUT2D eigenvalue weighted by molar-refractivity contribution is -0.130. The van der Waals surface area contributed by atoms with E-state index in [9.17, 15) is 4.79 Å². The van der Waals surface area contributed by atoms with Crippen LogP contribution in [0.4, 0.5) is 0 Å². The molecule has 1 aliphatic rings. The number of hydrogen-bond acceptors (Lipinski definition) is 2. The van der Waals surface area contributed by atoms with Gasteiger partial charge in [0.25, 0.3) is 0 Å². The van der Waals surface area contributed by atoms with E-state index < -0.39 is 5.54 Å². The Labute approximate surface area is 137 Å². The van der Waals surface area contributed by atoms with E-state index in [1.807, 2.05) is 33.8 Å². The van der Waals surface area contributed by atoms with Crippen LogP contribution in [0.2, 0.25) is 0 Å². The molecule has 128 valence electrons. The minimum absolute atomic E-state index is 0.0300. The standard InChI is InChI=1S/C17H30N2O.C2H6/c1-13(16(3,4)5)12-14(2)18-15(20)17(6,7)19-10-8-9-11-19;1-2/h12H,2,8-11H2,1,3-7H3,(H,18,20);1-2H3/b13-12+;. The van der Waals surface area contributed by atoms with Gasteiger partial charge in [-0.25, -0.2) is 0 Å². The summed E-state index contributed by atoms with van der Waals surface area (Å²) in [4.78, 5) is 14.7. The molecule has 0 aromatic rings. The number of nitrogens with zero attached hydrogens (tertiary/aromatic N) is 1. The van der Waals surface area contributed by atoms with Crippen molar-refractivity contribution in [3.63, 3.8) is 0 Å². The van der Waals surface area contributed by atoms with Crippen molar-refractivity contribution in [1.29, 1.82) is 0 Å². The van der Waals surface area contributed by atoms with Crippen LogP contribution in [0.3, 0.4) is 0 Å². The molecule has 22 heavy (non-hydrogen) atoms. The van der Waals surface area contributed by atoms with E-state index in [2.05, 4.69) is 44.5 Å². The van der Waals surface area contributed by atoms with Crippen LogP contribution in [0.1, 0.15) is 68.2 Å². The van der Waals surface area contributed by atoms with E-state index in [0.29, 0.717) is 5.70 Å². The van der Waals surface area contributed by atoms with Crippen molar-refractivity contribution in [3.05, 3.63) is 23.9 Å². The first-order chi connectivity index (χ1) is 10.0. The summed E-state index contributed by atoms with van der Waals surface area (Å²) >= 11 is 0. The normalized spacial score (nSPS) is 16.8. The lowest BCUT2D eigenvalue weighted by atomic mass is 9.87. The Kier molecular flexibility index (Phi) is 8.10. The quantitative estimate of drug-likeness (QED) is 0.775. The fraction of sp³-hybridized carbons (Fsp3) is 0.737. The lowest BCUT2D eigenvalue weighted by Crippen LogP contribution is -2.53. The Balaban J connectivity index is 0.00000211. The van der Waals surface area contributed by atoms with Crippen LogP contribution in [0.15, 0.2) is 23.9 Å². The third-order valence-corrected chi connectivity index (χ3v) is 4.30. The van der Waals surface area contributed by atoms with Crippen molar-refractivity contribution in [1.82, 2.24) is 10.2 Å². The van der Waals surface area contributed by atoms with Crippen molar-refractivity contribution in [2.24, 2.45) is 5.41 Å². The van der Waals surface area contributed by atoms with E-state index >= 15 is 0 Å². The second kappa shape index (κ2) is 8.52. The van der Waals surface area contributed by atoms with Crippen molar-refractivity contribution in [2.45, 2.75) is 73.8 Å². The van der Waals surface area contributed by atoms with Gasteiger partial charge in [-0.3, -0.25) is 9.69 Å². The summed E-state index contributed by atoms with van der Waals surface area (Å²) in [6.07, 6.45) is 4.33. The average Bonchev–Trinajstić information content (AvgIpc) is 2.94. The Morgan fingerprint density at radius 3 is 1.95 bits per heavy atom. The highest BCUT2D eigenvalue weighted by molar-refractivity contribution is 5.87. The molecular weight excluding hydrogens is 272 g/mol. The van der Waals surface area contributed by atoms with Gasteiger partial charge in [0.1, 0.15) is 0 Å². The summed E-state index contributed by atoms with van der Waals surface area (Å²) < 4.78 is 0. The van der Waals surface area contributed by atoms with Gasteiger partial charge < -0.3 is 5.32 Å². The Hall–Kier alpha value is -1.09. The van der Waals surface area contributed by atoms with E-state index in [-0.39, 0.29) is 11.3 Å². The van der Waals surface area contributed by atoms with E-state index in [1.165, 1.54) is 18.4 Å². The zero-order chi connectivity index (χ0) is 17.6. The molecule has 0 spiro atoms. The summed E-state index contributed by atoms with van der Waals surface area (Å²) in [5.41, 5.74) is 1.51. The molecule has 1 rings (SSSR count). The zero-order valence-corrected chi connectivity index (χ0v) is 16.0. The molecule has 0 bridgehead atoms. The Morgan fingerprint density at radius 1 is 1.09 bits per heavy atom. The summed E-state index contributed by atoms with van der Waals surface area (Å²) in [6.45, 7) is 22.5. The lowest BCUT2D eigenvalue weighted by Gasteiger charge is -2.34. The molecule has 1 heterocycles. The molecule has 3 nitrogen and oxygen atoms in total. The highest BCUT2D eigenvalue weighted by Crippen LogP contribution is 2.25. The van der Waals surface area contributed by atoms with E-state index in [4.69, 9.17) is 0 Å². The monoisotopic (exact) mass is 308 g/mol. The van der Waals surface area contributed by atoms with Gasteiger partial charge in [-0.05, 0) is 58.2 Å². The van der Waals surface area contributed by atoms with Crippen LogP contribution in [-0.2, 0) is 4.79 Å². The van der Waals surface area contributed by atoms with Crippen LogP contribution < -0.4 is 5.32 Å². The van der Waals surface area contributed by atoms with Crippen LogP contribution in [0.25, 0.3) is 0 Å². The summed E-state index contributed by atoms with van der Waals surface area (Å²) in [6, 6.07) is 0. The number of carbonyl (C=O) groups is 1. The highest BCUT2D eigenvalue weighted by Gasteiger charge is 2.36. The molecule has 1 aliphatic heterocycles. The third-order valence-electron chi connectivity index (χ3n) is 4.30. The van der Waals surface area contributed by atoms with Crippen molar-refractivity contribution >= 4 is 5.91 Å². The fourth-order valence-electron chi connectivity index (χ4n) is 2.23. The number of allylic oxidation sites excluding steroid dienone is 2. The maximum absolute atomic E-state index is 12.5. The predicted molar refractivity (Wildman–Crippen MR) is 96.7 cm³/mol. The molecular formula is C19H36N2O. The molecule has 0 unspecified atom stereocenters. The molecule has 3 heteroatoms. The van der Waals surface area contributed by atoms with Gasteiger partial charge in [0.15, 0.2) is 0 Å². The minimum atomic E-state index is -0.469. The molecule has 1 N–H and O–H groups in total. The van der Waals surface area contributed by atoms with Gasteiger partial charge in [0.05, 0.1) is 5.54 Å². The molecule has 0 radical (unpaired) electrons. The molecule has 0 saturated carbocycles. The van der Waals surface area contributed by atoms with Gasteiger partial charge in [0.2, 0.25) is 5.91 Å². The van der Waals surface area contributed by atoms with Gasteiger partial charge in [-0.2, -0.15) is 0 Å². The average molecular weight is 309 g/mol. The molecule has 0 aromatic heterocycles. The first-order valence-electron chi connectivity index (χ1n) is 8.49. The molecule has 0 aliphatic carbocycles. The van der Waals surface area contributed by atoms with E-state index in [1.54, 1.807) is 0 Å². The fourth-order valence-corrected chi connectivity index (χ4v) is 2.23. The second-order valence-corrected chi connectivity index (χ2v) is 7.31. The number of rotatable bonds is 4. The van der Waals surface area contributed by atoms with Crippen molar-refractivity contribution < 1.29 is 4.79 Å². The largest absolute Gasteiger partial charge is 0.325 e. The predicted octanol–water partition coefficient (Wildman–Crippen LogP) is 4.51.